The molecule has 4 atom stereocenters. The van der Waals surface area contributed by atoms with Gasteiger partial charge in [-0.05, 0) is 0 Å². The van der Waals surface area contributed by atoms with Crippen molar-refractivity contribution < 1.29 is 35.1 Å². The molecule has 130 valence electrons. The van der Waals surface area contributed by atoms with E-state index in [1.807, 2.05) is 0 Å². The Morgan fingerprint density at radius 3 is 2.50 bits per heavy atom. The Hall–Kier alpha value is -2.45. The quantitative estimate of drug-likeness (QED) is 0.366. The van der Waals surface area contributed by atoms with E-state index in [9.17, 15) is 24.9 Å². The smallest absolute Gasteiger partial charge is 0.358 e. The zero-order valence-corrected chi connectivity index (χ0v) is 11.9. The maximum atomic E-state index is 12.5. The minimum atomic E-state index is -1.57. The molecular weight excluding hydrogens is 330 g/mol. The molecule has 1 saturated heterocycles. The number of ether oxygens (including phenoxy) is 1. The summed E-state index contributed by atoms with van der Waals surface area (Å²) < 4.78 is 6.49. The van der Waals surface area contributed by atoms with Gasteiger partial charge in [-0.15, -0.1) is 5.10 Å². The molecule has 2 aromatic heterocycles. The first-order chi connectivity index (χ1) is 11.4. The monoisotopic (exact) mass is 343 g/mol. The van der Waals surface area contributed by atoms with E-state index in [-0.39, 0.29) is 11.0 Å². The number of nitrogens with zero attached hydrogens (tertiary/aromatic N) is 5. The molecule has 0 radical (unpaired) electrons. The summed E-state index contributed by atoms with van der Waals surface area (Å²) in [6.45, 7) is -1.39. The number of carboxylic acids is 1. The molecule has 0 aliphatic carbocycles. The first-order valence-corrected chi connectivity index (χ1v) is 6.73. The lowest BCUT2D eigenvalue weighted by atomic mass is 10.1. The maximum absolute atomic E-state index is 12.5. The van der Waals surface area contributed by atoms with E-state index in [0.29, 0.717) is 9.36 Å². The van der Waals surface area contributed by atoms with Crippen LogP contribution in [0.5, 0.6) is 0 Å². The van der Waals surface area contributed by atoms with E-state index < -0.39 is 55.1 Å². The maximum Gasteiger partial charge on any atom is 0.358 e. The summed E-state index contributed by atoms with van der Waals surface area (Å²) >= 11 is 0. The number of aliphatic hydroxyl groups excluding tert-OH is 4. The third kappa shape index (κ3) is 2.26. The van der Waals surface area contributed by atoms with Gasteiger partial charge in [-0.1, -0.05) is 5.21 Å². The lowest BCUT2D eigenvalue weighted by Crippen LogP contribution is -2.37. The van der Waals surface area contributed by atoms with Crippen LogP contribution in [0.1, 0.15) is 16.7 Å². The second-order valence-corrected chi connectivity index (χ2v) is 5.06. The van der Waals surface area contributed by atoms with Crippen molar-refractivity contribution >= 4 is 17.0 Å². The molecule has 13 nitrogen and oxygen atoms in total. The van der Waals surface area contributed by atoms with Crippen molar-refractivity contribution in [1.82, 2.24) is 24.8 Å². The summed E-state index contributed by atoms with van der Waals surface area (Å²) in [7, 11) is 0. The Labute approximate surface area is 131 Å². The molecule has 24 heavy (non-hydrogen) atoms. The molecule has 0 aromatic carbocycles. The molecule has 13 heteroatoms. The molecule has 1 aliphatic heterocycles. The average Bonchev–Trinajstić information content (AvgIpc) is 3.08. The van der Waals surface area contributed by atoms with Crippen LogP contribution in [0.2, 0.25) is 0 Å². The minimum absolute atomic E-state index is 0.343. The number of aliphatic hydroxyl groups is 4. The van der Waals surface area contributed by atoms with Crippen molar-refractivity contribution in [1.29, 1.82) is 0 Å². The second kappa shape index (κ2) is 5.88. The van der Waals surface area contributed by atoms with Crippen LogP contribution >= 0.6 is 0 Å². The Morgan fingerprint density at radius 2 is 1.96 bits per heavy atom. The number of carboxylic acid groups (broad SMARTS) is 1. The summed E-state index contributed by atoms with van der Waals surface area (Å²) in [5, 5.41) is 57.7. The third-order valence-corrected chi connectivity index (χ3v) is 3.67. The molecule has 0 bridgehead atoms. The first kappa shape index (κ1) is 16.4. The predicted molar refractivity (Wildman–Crippen MR) is 71.8 cm³/mol. The number of hydrogen-bond donors (Lipinski definition) is 5. The first-order valence-electron chi connectivity index (χ1n) is 6.73. The van der Waals surface area contributed by atoms with E-state index in [2.05, 4.69) is 15.4 Å². The molecule has 0 spiro atoms. The van der Waals surface area contributed by atoms with Crippen molar-refractivity contribution in [2.75, 3.05) is 6.61 Å². The van der Waals surface area contributed by atoms with Gasteiger partial charge in [-0.2, -0.15) is 9.78 Å². The fourth-order valence-corrected chi connectivity index (χ4v) is 2.50. The highest BCUT2D eigenvalue weighted by Gasteiger charge is 2.44. The molecule has 3 heterocycles. The number of fused-ring (bicyclic) bond motifs is 1. The van der Waals surface area contributed by atoms with Crippen molar-refractivity contribution in [3.05, 3.63) is 16.0 Å². The lowest BCUT2D eigenvalue weighted by Gasteiger charge is -2.15. The van der Waals surface area contributed by atoms with Gasteiger partial charge in [0, 0.05) is 0 Å². The van der Waals surface area contributed by atoms with E-state index >= 15 is 0 Å². The number of aromatic carboxylic acids is 1. The summed E-state index contributed by atoms with van der Waals surface area (Å²) in [6, 6.07) is 0. The molecule has 1 fully saturated rings. The molecule has 2 aromatic rings. The van der Waals surface area contributed by atoms with Crippen LogP contribution in [-0.4, -0.2) is 81.2 Å². The lowest BCUT2D eigenvalue weighted by molar-refractivity contribution is -0.0619. The molecule has 5 N–H and O–H groups in total. The zero-order chi connectivity index (χ0) is 17.6. The molecular formula is C11H13N5O8. The summed E-state index contributed by atoms with van der Waals surface area (Å²) in [4.78, 5) is 23.7. The van der Waals surface area contributed by atoms with Crippen molar-refractivity contribution in [2.24, 2.45) is 0 Å². The van der Waals surface area contributed by atoms with Crippen LogP contribution in [-0.2, 0) is 11.5 Å². The van der Waals surface area contributed by atoms with Gasteiger partial charge in [0.15, 0.2) is 23.0 Å². The number of aromatic nitrogens is 5. The number of carbonyl (C=O) groups is 1. The molecule has 1 aliphatic rings. The second-order valence-electron chi connectivity index (χ2n) is 5.06. The number of hydrogen-bond acceptors (Lipinski definition) is 10. The van der Waals surface area contributed by atoms with Gasteiger partial charge in [0.05, 0.1) is 6.61 Å². The standard InChI is InChI=1S/C11H13N5O8/c17-1-3-7(19)8(20)10(24-3)16-9(21)6-4(12-14-16)5(11(22)23)13-15(6)2-18/h3,7-8,10,17-20H,1-2H2,(H,22,23). The van der Waals surface area contributed by atoms with Crippen LogP contribution in [0, 0.1) is 0 Å². The zero-order valence-electron chi connectivity index (χ0n) is 11.9. The predicted octanol–water partition coefficient (Wildman–Crippen LogP) is -3.75. The fraction of sp³-hybridized carbons (Fsp3) is 0.545. The summed E-state index contributed by atoms with van der Waals surface area (Å²) in [6.07, 6.45) is -5.61. The normalized spacial score (nSPS) is 27.0. The van der Waals surface area contributed by atoms with Gasteiger partial charge in [-0.25, -0.2) is 9.48 Å². The van der Waals surface area contributed by atoms with E-state index in [0.717, 1.165) is 0 Å². The summed E-state index contributed by atoms with van der Waals surface area (Å²) in [5.41, 5.74) is -2.21. The van der Waals surface area contributed by atoms with Crippen LogP contribution in [0.15, 0.2) is 4.79 Å². The Morgan fingerprint density at radius 1 is 1.25 bits per heavy atom. The fourth-order valence-electron chi connectivity index (χ4n) is 2.50. The number of rotatable bonds is 4. The van der Waals surface area contributed by atoms with Crippen molar-refractivity contribution in [2.45, 2.75) is 31.3 Å². The minimum Gasteiger partial charge on any atom is -0.476 e. The molecule has 3 rings (SSSR count). The highest BCUT2D eigenvalue weighted by molar-refractivity contribution is 5.98. The van der Waals surface area contributed by atoms with Crippen LogP contribution in [0.3, 0.4) is 0 Å². The molecule has 0 saturated carbocycles. The van der Waals surface area contributed by atoms with E-state index in [1.54, 1.807) is 0 Å². The van der Waals surface area contributed by atoms with Gasteiger partial charge in [0.25, 0.3) is 5.56 Å². The van der Waals surface area contributed by atoms with Gasteiger partial charge in [0.2, 0.25) is 0 Å². The van der Waals surface area contributed by atoms with E-state index in [4.69, 9.17) is 14.9 Å². The van der Waals surface area contributed by atoms with Crippen LogP contribution in [0.4, 0.5) is 0 Å². The third-order valence-electron chi connectivity index (χ3n) is 3.67. The topological polar surface area (TPSA) is 193 Å². The van der Waals surface area contributed by atoms with Crippen molar-refractivity contribution in [3.8, 4) is 0 Å². The average molecular weight is 343 g/mol. The Bertz CT molecular complexity index is 847. The molecule has 4 unspecified atom stereocenters. The van der Waals surface area contributed by atoms with Gasteiger partial charge in [-0.3, -0.25) is 4.79 Å². The highest BCUT2D eigenvalue weighted by Crippen LogP contribution is 2.27. The Kier molecular flexibility index (Phi) is 4.02. The SMILES string of the molecule is O=C(O)c1nn(CO)c2c(=O)n(C3OC(CO)C(O)C3O)nnc12. The van der Waals surface area contributed by atoms with Crippen LogP contribution < -0.4 is 5.56 Å². The highest BCUT2D eigenvalue weighted by atomic mass is 16.6. The van der Waals surface area contributed by atoms with Crippen molar-refractivity contribution in [3.63, 3.8) is 0 Å². The largest absolute Gasteiger partial charge is 0.476 e. The molecule has 0 amide bonds. The Balaban J connectivity index is 2.16. The van der Waals surface area contributed by atoms with Crippen LogP contribution in [0.25, 0.3) is 11.0 Å². The summed E-state index contributed by atoms with van der Waals surface area (Å²) in [5.74, 6) is -1.47. The van der Waals surface area contributed by atoms with Gasteiger partial charge < -0.3 is 30.3 Å². The van der Waals surface area contributed by atoms with Gasteiger partial charge in [0.1, 0.15) is 25.0 Å². The van der Waals surface area contributed by atoms with E-state index in [1.165, 1.54) is 0 Å². The van der Waals surface area contributed by atoms with Gasteiger partial charge >= 0.3 is 5.97 Å².